The molecule has 0 bridgehead atoms. The Morgan fingerprint density at radius 2 is 2.05 bits per heavy atom. The Balaban J connectivity index is 2.30. The molecule has 0 saturated carbocycles. The largest absolute Gasteiger partial charge is 0.507 e. The number of hydrogen-bond donors (Lipinski definition) is 2. The number of pyridine rings is 1. The van der Waals surface area contributed by atoms with Crippen molar-refractivity contribution in [1.29, 1.82) is 0 Å². The van der Waals surface area contributed by atoms with Crippen molar-refractivity contribution in [3.8, 4) is 17.2 Å². The van der Waals surface area contributed by atoms with Crippen molar-refractivity contribution in [2.75, 3.05) is 13.7 Å². The van der Waals surface area contributed by atoms with E-state index >= 15 is 0 Å². The summed E-state index contributed by atoms with van der Waals surface area (Å²) in [5.41, 5.74) is 0.929. The van der Waals surface area contributed by atoms with Gasteiger partial charge in [-0.2, -0.15) is 0 Å². The Kier molecular flexibility index (Phi) is 3.47. The number of aromatic amines is 1. The highest BCUT2D eigenvalue weighted by atomic mass is 16.5. The molecule has 22 heavy (non-hydrogen) atoms. The monoisotopic (exact) mass is 297 g/mol. The molecule has 112 valence electrons. The fourth-order valence-electron chi connectivity index (χ4n) is 2.40. The summed E-state index contributed by atoms with van der Waals surface area (Å²) >= 11 is 0. The third-order valence-electron chi connectivity index (χ3n) is 3.43. The first-order chi connectivity index (χ1) is 10.6. The van der Waals surface area contributed by atoms with E-state index in [9.17, 15) is 9.90 Å². The highest BCUT2D eigenvalue weighted by molar-refractivity contribution is 5.96. The van der Waals surface area contributed by atoms with Crippen LogP contribution in [-0.4, -0.2) is 23.8 Å². The van der Waals surface area contributed by atoms with E-state index in [1.54, 1.807) is 30.3 Å². The van der Waals surface area contributed by atoms with Crippen LogP contribution in [0.5, 0.6) is 17.2 Å². The maximum absolute atomic E-state index is 12.6. The number of H-pyrrole nitrogens is 1. The lowest BCUT2D eigenvalue weighted by Gasteiger charge is -2.08. The molecule has 5 nitrogen and oxygen atoms in total. The van der Waals surface area contributed by atoms with Gasteiger partial charge in [0.25, 0.3) is 0 Å². The van der Waals surface area contributed by atoms with E-state index in [2.05, 4.69) is 11.6 Å². The second-order valence-electron chi connectivity index (χ2n) is 4.83. The smallest absolute Gasteiger partial charge is 0.201 e. The second-order valence-corrected chi connectivity index (χ2v) is 4.83. The van der Waals surface area contributed by atoms with Crippen LogP contribution in [0.15, 0.2) is 47.8 Å². The van der Waals surface area contributed by atoms with Gasteiger partial charge in [-0.1, -0.05) is 12.7 Å². The van der Waals surface area contributed by atoms with Crippen molar-refractivity contribution in [3.05, 3.63) is 53.2 Å². The summed E-state index contributed by atoms with van der Waals surface area (Å²) in [5, 5.41) is 10.8. The Morgan fingerprint density at radius 1 is 1.23 bits per heavy atom. The standard InChI is InChI=1S/C17H15NO4/c1-3-6-22-10-4-5-13-12(7-10)17(20)16-14(18-13)8-11(21-2)9-15(16)19/h3-5,7-9,19H,1,6H2,2H3,(H,18,20). The molecule has 0 radical (unpaired) electrons. The first-order valence-electron chi connectivity index (χ1n) is 6.74. The lowest BCUT2D eigenvalue weighted by atomic mass is 10.1. The second kappa shape index (κ2) is 5.44. The number of methoxy groups -OCH3 is 1. The van der Waals surface area contributed by atoms with Gasteiger partial charge in [-0.25, -0.2) is 0 Å². The number of hydrogen-bond acceptors (Lipinski definition) is 4. The molecule has 1 heterocycles. The zero-order valence-corrected chi connectivity index (χ0v) is 12.1. The van der Waals surface area contributed by atoms with E-state index in [0.717, 1.165) is 0 Å². The third kappa shape index (κ3) is 2.26. The van der Waals surface area contributed by atoms with E-state index in [-0.39, 0.29) is 16.6 Å². The number of rotatable bonds is 4. The number of benzene rings is 2. The normalized spacial score (nSPS) is 10.8. The van der Waals surface area contributed by atoms with Gasteiger partial charge in [-0.05, 0) is 18.2 Å². The maximum Gasteiger partial charge on any atom is 0.201 e. The number of aromatic hydroxyl groups is 1. The molecule has 3 aromatic rings. The predicted octanol–water partition coefficient (Wildman–Crippen LogP) is 2.96. The van der Waals surface area contributed by atoms with Crippen LogP contribution in [0.2, 0.25) is 0 Å². The van der Waals surface area contributed by atoms with Crippen LogP contribution in [0.1, 0.15) is 0 Å². The number of ether oxygens (including phenoxy) is 2. The van der Waals surface area contributed by atoms with Gasteiger partial charge in [-0.15, -0.1) is 0 Å². The van der Waals surface area contributed by atoms with Crippen LogP contribution >= 0.6 is 0 Å². The Bertz CT molecular complexity index is 927. The summed E-state index contributed by atoms with van der Waals surface area (Å²) in [7, 11) is 1.50. The summed E-state index contributed by atoms with van der Waals surface area (Å²) < 4.78 is 10.6. The summed E-state index contributed by atoms with van der Waals surface area (Å²) in [5.74, 6) is 0.936. The topological polar surface area (TPSA) is 71.6 Å². The average Bonchev–Trinajstić information content (AvgIpc) is 2.52. The summed E-state index contributed by atoms with van der Waals surface area (Å²) in [6, 6.07) is 8.29. The van der Waals surface area contributed by atoms with E-state index in [1.807, 2.05) is 0 Å². The zero-order chi connectivity index (χ0) is 15.7. The van der Waals surface area contributed by atoms with Crippen molar-refractivity contribution < 1.29 is 14.6 Å². The molecule has 2 N–H and O–H groups in total. The van der Waals surface area contributed by atoms with Crippen molar-refractivity contribution >= 4 is 21.8 Å². The minimum absolute atomic E-state index is 0.116. The van der Waals surface area contributed by atoms with Crippen LogP contribution < -0.4 is 14.9 Å². The SMILES string of the molecule is C=CCOc1ccc2[nH]c3cc(OC)cc(O)c3c(=O)c2c1. The molecule has 0 aliphatic rings. The summed E-state index contributed by atoms with van der Waals surface area (Å²) in [4.78, 5) is 15.8. The number of fused-ring (bicyclic) bond motifs is 2. The Hall–Kier alpha value is -2.95. The summed E-state index contributed by atoms with van der Waals surface area (Å²) in [6.07, 6.45) is 1.63. The fraction of sp³-hybridized carbons (Fsp3) is 0.118. The molecule has 0 spiro atoms. The fourth-order valence-corrected chi connectivity index (χ4v) is 2.40. The molecule has 0 aliphatic carbocycles. The number of nitrogens with one attached hydrogen (secondary N) is 1. The minimum Gasteiger partial charge on any atom is -0.507 e. The molecule has 1 aromatic heterocycles. The van der Waals surface area contributed by atoms with Crippen molar-refractivity contribution in [2.45, 2.75) is 0 Å². The van der Waals surface area contributed by atoms with Gasteiger partial charge in [0.2, 0.25) is 5.43 Å². The van der Waals surface area contributed by atoms with Crippen LogP contribution in [0.25, 0.3) is 21.8 Å². The zero-order valence-electron chi connectivity index (χ0n) is 12.1. The van der Waals surface area contributed by atoms with Gasteiger partial charge in [0.15, 0.2) is 0 Å². The van der Waals surface area contributed by atoms with Crippen LogP contribution in [-0.2, 0) is 0 Å². The van der Waals surface area contributed by atoms with Crippen LogP contribution in [0, 0.1) is 0 Å². The van der Waals surface area contributed by atoms with Crippen LogP contribution in [0.3, 0.4) is 0 Å². The van der Waals surface area contributed by atoms with E-state index in [0.29, 0.717) is 34.5 Å². The molecular formula is C17H15NO4. The Morgan fingerprint density at radius 3 is 2.77 bits per heavy atom. The molecule has 0 unspecified atom stereocenters. The van der Waals surface area contributed by atoms with Gasteiger partial charge in [0, 0.05) is 17.5 Å². The average molecular weight is 297 g/mol. The highest BCUT2D eigenvalue weighted by Crippen LogP contribution is 2.29. The molecule has 0 saturated heterocycles. The lowest BCUT2D eigenvalue weighted by Crippen LogP contribution is -2.05. The Labute approximate surface area is 126 Å². The first kappa shape index (κ1) is 14.0. The molecular weight excluding hydrogens is 282 g/mol. The maximum atomic E-state index is 12.6. The number of phenols is 1. The van der Waals surface area contributed by atoms with Gasteiger partial charge in [0.1, 0.15) is 23.9 Å². The number of aromatic nitrogens is 1. The van der Waals surface area contributed by atoms with E-state index in [4.69, 9.17) is 9.47 Å². The van der Waals surface area contributed by atoms with Crippen molar-refractivity contribution in [3.63, 3.8) is 0 Å². The predicted molar refractivity (Wildman–Crippen MR) is 86.0 cm³/mol. The van der Waals surface area contributed by atoms with Gasteiger partial charge >= 0.3 is 0 Å². The van der Waals surface area contributed by atoms with E-state index in [1.165, 1.54) is 13.2 Å². The molecule has 0 aliphatic heterocycles. The molecule has 3 rings (SSSR count). The molecule has 0 atom stereocenters. The summed E-state index contributed by atoms with van der Waals surface area (Å²) in [6.45, 7) is 3.95. The van der Waals surface area contributed by atoms with Crippen molar-refractivity contribution in [1.82, 2.24) is 4.98 Å². The molecule has 2 aromatic carbocycles. The van der Waals surface area contributed by atoms with Crippen LogP contribution in [0.4, 0.5) is 0 Å². The highest BCUT2D eigenvalue weighted by Gasteiger charge is 2.12. The molecule has 0 amide bonds. The van der Waals surface area contributed by atoms with E-state index < -0.39 is 0 Å². The molecule has 5 heteroatoms. The first-order valence-corrected chi connectivity index (χ1v) is 6.74. The van der Waals surface area contributed by atoms with Crippen molar-refractivity contribution in [2.24, 2.45) is 0 Å². The quantitative estimate of drug-likeness (QED) is 0.573. The van der Waals surface area contributed by atoms with Gasteiger partial charge < -0.3 is 19.6 Å². The minimum atomic E-state index is -0.257. The van der Waals surface area contributed by atoms with Gasteiger partial charge in [-0.3, -0.25) is 4.79 Å². The lowest BCUT2D eigenvalue weighted by molar-refractivity contribution is 0.364. The van der Waals surface area contributed by atoms with Gasteiger partial charge in [0.05, 0.1) is 23.5 Å². The molecule has 0 fully saturated rings. The number of phenolic OH excluding ortho intramolecular Hbond substituents is 1. The third-order valence-corrected chi connectivity index (χ3v) is 3.43.